The summed E-state index contributed by atoms with van der Waals surface area (Å²) in [5.41, 5.74) is 0. The Morgan fingerprint density at radius 3 is 2.85 bits per heavy atom. The van der Waals surface area contributed by atoms with Gasteiger partial charge in [-0.05, 0) is 33.1 Å². The molecule has 1 fully saturated rings. The molecule has 0 aromatic rings. The third-order valence-corrected chi connectivity index (χ3v) is 2.65. The fourth-order valence-electron chi connectivity index (χ4n) is 1.78. The van der Waals surface area contributed by atoms with Crippen LogP contribution in [0.15, 0.2) is 0 Å². The first-order chi connectivity index (χ1) is 6.11. The molecule has 0 aliphatic carbocycles. The third kappa shape index (κ3) is 2.99. The van der Waals surface area contributed by atoms with Gasteiger partial charge in [-0.3, -0.25) is 4.79 Å². The molecule has 0 aromatic carbocycles. The Balaban J connectivity index is 2.23. The largest absolute Gasteiger partial charge is 0.393 e. The van der Waals surface area contributed by atoms with Crippen molar-refractivity contribution in [2.75, 3.05) is 6.54 Å². The predicted molar refractivity (Wildman–Crippen MR) is 51.3 cm³/mol. The van der Waals surface area contributed by atoms with Gasteiger partial charge in [0.25, 0.3) is 0 Å². The summed E-state index contributed by atoms with van der Waals surface area (Å²) >= 11 is 0. The van der Waals surface area contributed by atoms with E-state index < -0.39 is 0 Å². The second-order valence-corrected chi connectivity index (χ2v) is 3.97. The molecule has 13 heavy (non-hydrogen) atoms. The Labute approximate surface area is 79.7 Å². The summed E-state index contributed by atoms with van der Waals surface area (Å²) in [6.07, 6.45) is 3.15. The van der Waals surface area contributed by atoms with Gasteiger partial charge in [0.15, 0.2) is 0 Å². The molecule has 0 radical (unpaired) electrons. The van der Waals surface area contributed by atoms with E-state index in [9.17, 15) is 4.79 Å². The first-order valence-corrected chi connectivity index (χ1v) is 5.09. The van der Waals surface area contributed by atoms with Crippen LogP contribution in [0.25, 0.3) is 0 Å². The monoisotopic (exact) mass is 185 g/mol. The van der Waals surface area contributed by atoms with E-state index in [1.54, 1.807) is 6.92 Å². The molecule has 1 heterocycles. The molecule has 1 rings (SSSR count). The second kappa shape index (κ2) is 4.61. The normalized spacial score (nSPS) is 25.3. The quantitative estimate of drug-likeness (QED) is 0.714. The minimum absolute atomic E-state index is 0.243. The van der Waals surface area contributed by atoms with E-state index in [-0.39, 0.29) is 12.0 Å². The van der Waals surface area contributed by atoms with Gasteiger partial charge in [-0.2, -0.15) is 0 Å². The van der Waals surface area contributed by atoms with Crippen molar-refractivity contribution in [1.82, 2.24) is 4.90 Å². The van der Waals surface area contributed by atoms with Gasteiger partial charge in [-0.15, -0.1) is 0 Å². The van der Waals surface area contributed by atoms with Crippen molar-refractivity contribution in [3.63, 3.8) is 0 Å². The second-order valence-electron chi connectivity index (χ2n) is 3.97. The minimum Gasteiger partial charge on any atom is -0.393 e. The minimum atomic E-state index is -0.243. The number of aliphatic hydroxyl groups excluding tert-OH is 1. The third-order valence-electron chi connectivity index (χ3n) is 2.65. The van der Waals surface area contributed by atoms with Crippen LogP contribution < -0.4 is 0 Å². The Kier molecular flexibility index (Phi) is 3.72. The summed E-state index contributed by atoms with van der Waals surface area (Å²) in [5, 5.41) is 9.05. The van der Waals surface area contributed by atoms with Crippen molar-refractivity contribution < 1.29 is 9.90 Å². The molecule has 0 aromatic heterocycles. The van der Waals surface area contributed by atoms with Gasteiger partial charge >= 0.3 is 0 Å². The van der Waals surface area contributed by atoms with Crippen LogP contribution in [0.5, 0.6) is 0 Å². The van der Waals surface area contributed by atoms with Gasteiger partial charge in [0, 0.05) is 19.0 Å². The zero-order valence-electron chi connectivity index (χ0n) is 8.49. The molecule has 0 bridgehead atoms. The maximum Gasteiger partial charge on any atom is 0.222 e. The molecule has 3 heteroatoms. The maximum atomic E-state index is 11.3. The van der Waals surface area contributed by atoms with Gasteiger partial charge in [-0.25, -0.2) is 0 Å². The number of aliphatic hydroxyl groups is 1. The van der Waals surface area contributed by atoms with Gasteiger partial charge < -0.3 is 10.0 Å². The van der Waals surface area contributed by atoms with E-state index in [0.29, 0.717) is 12.5 Å². The molecular weight excluding hydrogens is 166 g/mol. The zero-order valence-corrected chi connectivity index (χ0v) is 8.49. The Bertz CT molecular complexity index is 180. The summed E-state index contributed by atoms with van der Waals surface area (Å²) in [5.74, 6) is 0.276. The van der Waals surface area contributed by atoms with Gasteiger partial charge in [-0.1, -0.05) is 0 Å². The van der Waals surface area contributed by atoms with Crippen LogP contribution in [0.4, 0.5) is 0 Å². The van der Waals surface area contributed by atoms with Crippen molar-refractivity contribution in [3.8, 4) is 0 Å². The lowest BCUT2D eigenvalue weighted by molar-refractivity contribution is -0.128. The van der Waals surface area contributed by atoms with Crippen molar-refractivity contribution in [2.24, 2.45) is 0 Å². The molecular formula is C10H19NO2. The Morgan fingerprint density at radius 2 is 2.38 bits per heavy atom. The fraction of sp³-hybridized carbons (Fsp3) is 0.900. The average molecular weight is 185 g/mol. The van der Waals surface area contributed by atoms with Crippen LogP contribution in [0.3, 0.4) is 0 Å². The van der Waals surface area contributed by atoms with Crippen LogP contribution in [-0.2, 0) is 4.79 Å². The molecule has 1 saturated heterocycles. The Morgan fingerprint density at radius 1 is 1.69 bits per heavy atom. The highest BCUT2D eigenvalue weighted by Crippen LogP contribution is 2.18. The van der Waals surface area contributed by atoms with Gasteiger partial charge in [0.2, 0.25) is 5.91 Å². The van der Waals surface area contributed by atoms with Crippen LogP contribution in [0.2, 0.25) is 0 Å². The SMILES string of the molecule is CC(O)CCCN1C(=O)CCC1C. The number of likely N-dealkylation sites (tertiary alicyclic amines) is 1. The molecule has 3 nitrogen and oxygen atoms in total. The summed E-state index contributed by atoms with van der Waals surface area (Å²) in [6.45, 7) is 4.69. The standard InChI is InChI=1S/C10H19NO2/c1-8-5-6-10(13)11(8)7-3-4-9(2)12/h8-9,12H,3-7H2,1-2H3. The van der Waals surface area contributed by atoms with Crippen molar-refractivity contribution in [1.29, 1.82) is 0 Å². The smallest absolute Gasteiger partial charge is 0.222 e. The maximum absolute atomic E-state index is 11.3. The lowest BCUT2D eigenvalue weighted by Crippen LogP contribution is -2.32. The molecule has 76 valence electrons. The predicted octanol–water partition coefficient (Wildman–Crippen LogP) is 1.16. The van der Waals surface area contributed by atoms with E-state index in [1.807, 2.05) is 4.90 Å². The van der Waals surface area contributed by atoms with Crippen molar-refractivity contribution in [3.05, 3.63) is 0 Å². The van der Waals surface area contributed by atoms with E-state index in [0.717, 1.165) is 25.8 Å². The number of amides is 1. The number of rotatable bonds is 4. The number of hydrogen-bond donors (Lipinski definition) is 1. The zero-order chi connectivity index (χ0) is 9.84. The molecule has 0 spiro atoms. The highest BCUT2D eigenvalue weighted by atomic mass is 16.3. The van der Waals surface area contributed by atoms with Crippen LogP contribution in [0, 0.1) is 0 Å². The summed E-state index contributed by atoms with van der Waals surface area (Å²) in [7, 11) is 0. The molecule has 1 aliphatic heterocycles. The van der Waals surface area contributed by atoms with Gasteiger partial charge in [0.1, 0.15) is 0 Å². The molecule has 1 aliphatic rings. The number of nitrogens with zero attached hydrogens (tertiary/aromatic N) is 1. The molecule has 2 unspecified atom stereocenters. The number of carbonyl (C=O) groups excluding carboxylic acids is 1. The topological polar surface area (TPSA) is 40.5 Å². The highest BCUT2D eigenvalue weighted by Gasteiger charge is 2.26. The Hall–Kier alpha value is -0.570. The average Bonchev–Trinajstić information content (AvgIpc) is 2.34. The van der Waals surface area contributed by atoms with E-state index in [1.165, 1.54) is 0 Å². The van der Waals surface area contributed by atoms with Crippen LogP contribution in [0.1, 0.15) is 39.5 Å². The van der Waals surface area contributed by atoms with Gasteiger partial charge in [0.05, 0.1) is 6.10 Å². The summed E-state index contributed by atoms with van der Waals surface area (Å²) < 4.78 is 0. The number of hydrogen-bond acceptors (Lipinski definition) is 2. The summed E-state index contributed by atoms with van der Waals surface area (Å²) in [4.78, 5) is 13.3. The van der Waals surface area contributed by atoms with Crippen molar-refractivity contribution >= 4 is 5.91 Å². The van der Waals surface area contributed by atoms with Crippen LogP contribution in [-0.4, -0.2) is 34.6 Å². The van der Waals surface area contributed by atoms with E-state index in [4.69, 9.17) is 5.11 Å². The summed E-state index contributed by atoms with van der Waals surface area (Å²) in [6, 6.07) is 0.404. The molecule has 2 atom stereocenters. The first-order valence-electron chi connectivity index (χ1n) is 5.09. The lowest BCUT2D eigenvalue weighted by atomic mass is 10.2. The molecule has 1 amide bonds. The van der Waals surface area contributed by atoms with E-state index in [2.05, 4.69) is 6.92 Å². The van der Waals surface area contributed by atoms with E-state index >= 15 is 0 Å². The van der Waals surface area contributed by atoms with Crippen LogP contribution >= 0.6 is 0 Å². The molecule has 1 N–H and O–H groups in total. The highest BCUT2D eigenvalue weighted by molar-refractivity contribution is 5.78. The fourth-order valence-corrected chi connectivity index (χ4v) is 1.78. The molecule has 0 saturated carbocycles. The first kappa shape index (κ1) is 10.5. The van der Waals surface area contributed by atoms with Crippen molar-refractivity contribution in [2.45, 2.75) is 51.7 Å². The lowest BCUT2D eigenvalue weighted by Gasteiger charge is -2.21. The number of carbonyl (C=O) groups is 1.